The van der Waals surface area contributed by atoms with Crippen molar-refractivity contribution < 1.29 is 9.53 Å². The van der Waals surface area contributed by atoms with Crippen molar-refractivity contribution in [3.63, 3.8) is 0 Å². The molecule has 0 bridgehead atoms. The Hall–Kier alpha value is -4.29. The van der Waals surface area contributed by atoms with Gasteiger partial charge in [-0.15, -0.1) is 0 Å². The summed E-state index contributed by atoms with van der Waals surface area (Å²) in [7, 11) is 1.59. The summed E-state index contributed by atoms with van der Waals surface area (Å²) in [4.78, 5) is 18.0. The molecule has 5 aromatic rings. The molecule has 0 spiro atoms. The monoisotopic (exact) mass is 491 g/mol. The van der Waals surface area contributed by atoms with Crippen LogP contribution < -0.4 is 10.1 Å². The van der Waals surface area contributed by atoms with Crippen molar-refractivity contribution in [1.29, 1.82) is 0 Å². The Morgan fingerprint density at radius 3 is 2.06 bits per heavy atom. The van der Waals surface area contributed by atoms with Gasteiger partial charge in [0.05, 0.1) is 29.9 Å². The van der Waals surface area contributed by atoms with Gasteiger partial charge in [0.25, 0.3) is 0 Å². The minimum absolute atomic E-state index is 0.130. The first-order valence-electron chi connectivity index (χ1n) is 11.6. The van der Waals surface area contributed by atoms with E-state index in [9.17, 15) is 4.79 Å². The molecule has 1 heterocycles. The van der Waals surface area contributed by atoms with Crippen LogP contribution in [0.25, 0.3) is 28.2 Å². The van der Waals surface area contributed by atoms with Gasteiger partial charge in [-0.1, -0.05) is 103 Å². The molecule has 0 aliphatic heterocycles. The smallest absolute Gasteiger partial charge is 0.234 e. The maximum atomic E-state index is 12.9. The van der Waals surface area contributed by atoms with Crippen LogP contribution in [0.3, 0.4) is 0 Å². The quantitative estimate of drug-likeness (QED) is 0.239. The topological polar surface area (TPSA) is 56.1 Å². The van der Waals surface area contributed by atoms with E-state index in [-0.39, 0.29) is 11.7 Å². The van der Waals surface area contributed by atoms with E-state index in [4.69, 9.17) is 9.72 Å². The van der Waals surface area contributed by atoms with Gasteiger partial charge in [0.2, 0.25) is 5.91 Å². The molecule has 5 nitrogen and oxygen atoms in total. The highest BCUT2D eigenvalue weighted by molar-refractivity contribution is 7.99. The predicted octanol–water partition coefficient (Wildman–Crippen LogP) is 6.95. The van der Waals surface area contributed by atoms with Crippen molar-refractivity contribution in [3.8, 4) is 34.0 Å². The second-order valence-corrected chi connectivity index (χ2v) is 8.97. The molecule has 0 atom stereocenters. The predicted molar refractivity (Wildman–Crippen MR) is 147 cm³/mol. The summed E-state index contributed by atoms with van der Waals surface area (Å²) in [6, 6.07) is 37.9. The molecule has 0 aliphatic rings. The average molecular weight is 492 g/mol. The van der Waals surface area contributed by atoms with Crippen molar-refractivity contribution in [2.45, 2.75) is 5.16 Å². The molecule has 178 valence electrons. The number of imidazole rings is 1. The lowest BCUT2D eigenvalue weighted by Gasteiger charge is -2.13. The minimum Gasteiger partial charge on any atom is -0.495 e. The van der Waals surface area contributed by atoms with Crippen LogP contribution in [0.5, 0.6) is 5.75 Å². The number of nitrogens with one attached hydrogen (secondary N) is 1. The number of aromatic nitrogens is 2. The summed E-state index contributed by atoms with van der Waals surface area (Å²) in [5.74, 6) is 0.693. The minimum atomic E-state index is -0.130. The number of thioether (sulfide) groups is 1. The van der Waals surface area contributed by atoms with Crippen LogP contribution in [0.2, 0.25) is 0 Å². The molecule has 1 N–H and O–H groups in total. The van der Waals surface area contributed by atoms with Gasteiger partial charge in [-0.3, -0.25) is 9.36 Å². The third-order valence-electron chi connectivity index (χ3n) is 5.67. The number of anilines is 1. The summed E-state index contributed by atoms with van der Waals surface area (Å²) < 4.78 is 7.50. The summed E-state index contributed by atoms with van der Waals surface area (Å²) in [6.07, 6.45) is 0. The van der Waals surface area contributed by atoms with Gasteiger partial charge in [0, 0.05) is 16.8 Å². The first kappa shape index (κ1) is 23.5. The van der Waals surface area contributed by atoms with Crippen molar-refractivity contribution in [1.82, 2.24) is 9.55 Å². The normalized spacial score (nSPS) is 10.7. The summed E-state index contributed by atoms with van der Waals surface area (Å²) >= 11 is 1.41. The molecule has 1 amide bonds. The Morgan fingerprint density at radius 1 is 0.806 bits per heavy atom. The van der Waals surface area contributed by atoms with Crippen molar-refractivity contribution >= 4 is 23.4 Å². The van der Waals surface area contributed by atoms with Crippen molar-refractivity contribution in [2.24, 2.45) is 0 Å². The zero-order valence-electron chi connectivity index (χ0n) is 19.8. The van der Waals surface area contributed by atoms with Gasteiger partial charge < -0.3 is 10.1 Å². The molecule has 36 heavy (non-hydrogen) atoms. The third kappa shape index (κ3) is 5.04. The fourth-order valence-corrected chi connectivity index (χ4v) is 4.85. The second kappa shape index (κ2) is 11.0. The number of amides is 1. The van der Waals surface area contributed by atoms with E-state index in [0.717, 1.165) is 33.4 Å². The fraction of sp³-hybridized carbons (Fsp3) is 0.0667. The Bertz CT molecular complexity index is 1450. The number of nitrogens with zero attached hydrogens (tertiary/aromatic N) is 2. The van der Waals surface area contributed by atoms with E-state index in [0.29, 0.717) is 11.4 Å². The summed E-state index contributed by atoms with van der Waals surface area (Å²) in [5, 5.41) is 3.70. The van der Waals surface area contributed by atoms with Crippen LogP contribution in [-0.2, 0) is 4.79 Å². The first-order chi connectivity index (χ1) is 17.7. The van der Waals surface area contributed by atoms with Gasteiger partial charge in [0.1, 0.15) is 5.75 Å². The number of rotatable bonds is 8. The number of hydrogen-bond donors (Lipinski definition) is 1. The summed E-state index contributed by atoms with van der Waals surface area (Å²) in [6.45, 7) is 0. The van der Waals surface area contributed by atoms with Crippen LogP contribution >= 0.6 is 11.8 Å². The van der Waals surface area contributed by atoms with Crippen LogP contribution in [-0.4, -0.2) is 28.3 Å². The zero-order valence-corrected chi connectivity index (χ0v) is 20.6. The molecular formula is C30H25N3O2S. The molecule has 0 fully saturated rings. The highest BCUT2D eigenvalue weighted by Crippen LogP contribution is 2.38. The van der Waals surface area contributed by atoms with E-state index in [1.807, 2.05) is 78.9 Å². The van der Waals surface area contributed by atoms with Gasteiger partial charge in [-0.05, 0) is 24.3 Å². The molecule has 0 aliphatic carbocycles. The number of para-hydroxylation sites is 3. The summed E-state index contributed by atoms with van der Waals surface area (Å²) in [5.41, 5.74) is 5.56. The molecule has 5 rings (SSSR count). The molecule has 0 radical (unpaired) electrons. The highest BCUT2D eigenvalue weighted by atomic mass is 32.2. The lowest BCUT2D eigenvalue weighted by molar-refractivity contribution is -0.113. The second-order valence-electron chi connectivity index (χ2n) is 8.03. The molecule has 0 saturated heterocycles. The van der Waals surface area contributed by atoms with E-state index in [1.54, 1.807) is 7.11 Å². The van der Waals surface area contributed by atoms with E-state index < -0.39 is 0 Å². The van der Waals surface area contributed by atoms with Gasteiger partial charge in [0.15, 0.2) is 5.16 Å². The Balaban J connectivity index is 1.55. The van der Waals surface area contributed by atoms with Crippen LogP contribution in [0, 0.1) is 0 Å². The lowest BCUT2D eigenvalue weighted by atomic mass is 10.0. The third-order valence-corrected chi connectivity index (χ3v) is 6.61. The largest absolute Gasteiger partial charge is 0.495 e. The number of benzene rings is 4. The van der Waals surface area contributed by atoms with Crippen molar-refractivity contribution in [2.75, 3.05) is 18.2 Å². The standard InChI is InChI=1S/C30H25N3O2S/c1-35-26-20-12-11-19-25(26)31-27(34)21-36-30-32-28(22-13-5-2-6-14-22)29(23-15-7-3-8-16-23)33(30)24-17-9-4-10-18-24/h2-20H,21H2,1H3,(H,31,34). The molecular weight excluding hydrogens is 466 g/mol. The maximum absolute atomic E-state index is 12.9. The average Bonchev–Trinajstić information content (AvgIpc) is 3.33. The maximum Gasteiger partial charge on any atom is 0.234 e. The number of carbonyl (C=O) groups is 1. The van der Waals surface area contributed by atoms with Gasteiger partial charge >= 0.3 is 0 Å². The van der Waals surface area contributed by atoms with E-state index in [2.05, 4.69) is 46.3 Å². The van der Waals surface area contributed by atoms with Crippen LogP contribution in [0.4, 0.5) is 5.69 Å². The van der Waals surface area contributed by atoms with Crippen LogP contribution in [0.1, 0.15) is 0 Å². The van der Waals surface area contributed by atoms with Crippen molar-refractivity contribution in [3.05, 3.63) is 115 Å². The number of hydrogen-bond acceptors (Lipinski definition) is 4. The Kier molecular flexibility index (Phi) is 7.15. The zero-order chi connectivity index (χ0) is 24.7. The number of methoxy groups -OCH3 is 1. The molecule has 0 unspecified atom stereocenters. The first-order valence-corrected chi connectivity index (χ1v) is 12.6. The fourth-order valence-electron chi connectivity index (χ4n) is 4.04. The van der Waals surface area contributed by atoms with Gasteiger partial charge in [-0.25, -0.2) is 4.98 Å². The molecule has 1 aromatic heterocycles. The van der Waals surface area contributed by atoms with E-state index in [1.165, 1.54) is 11.8 Å². The highest BCUT2D eigenvalue weighted by Gasteiger charge is 2.22. The number of carbonyl (C=O) groups excluding carboxylic acids is 1. The number of ether oxygens (including phenoxy) is 1. The molecule has 6 heteroatoms. The Morgan fingerprint density at radius 2 is 1.39 bits per heavy atom. The Labute approximate surface area is 214 Å². The lowest BCUT2D eigenvalue weighted by Crippen LogP contribution is -2.15. The van der Waals surface area contributed by atoms with Gasteiger partial charge in [-0.2, -0.15) is 0 Å². The molecule has 4 aromatic carbocycles. The van der Waals surface area contributed by atoms with E-state index >= 15 is 0 Å². The van der Waals surface area contributed by atoms with Crippen LogP contribution in [0.15, 0.2) is 120 Å². The molecule has 0 saturated carbocycles. The SMILES string of the molecule is COc1ccccc1NC(=O)CSc1nc(-c2ccccc2)c(-c2ccccc2)n1-c1ccccc1.